The average molecular weight is 185 g/mol. The summed E-state index contributed by atoms with van der Waals surface area (Å²) < 4.78 is 0. The number of nitrogens with two attached hydrogens (primary N) is 1. The minimum Gasteiger partial charge on any atom is -0.408 e. The lowest BCUT2D eigenvalue weighted by atomic mass is 10.1. The molecule has 4 nitrogen and oxygen atoms in total. The first-order valence-electron chi connectivity index (χ1n) is 5.03. The number of likely N-dealkylation sites (tertiary alicyclic amines) is 1. The second-order valence-electron chi connectivity index (χ2n) is 3.56. The van der Waals surface area contributed by atoms with Crippen LogP contribution in [0.1, 0.15) is 39.0 Å². The van der Waals surface area contributed by atoms with E-state index in [9.17, 15) is 0 Å². The van der Waals surface area contributed by atoms with E-state index < -0.39 is 0 Å². The molecule has 13 heavy (non-hydrogen) atoms. The second-order valence-corrected chi connectivity index (χ2v) is 3.56. The Morgan fingerprint density at radius 2 is 2.31 bits per heavy atom. The maximum atomic E-state index is 8.61. The van der Waals surface area contributed by atoms with Crippen LogP contribution in [0.15, 0.2) is 5.16 Å². The molecule has 0 bridgehead atoms. The first kappa shape index (κ1) is 10.2. The van der Waals surface area contributed by atoms with E-state index in [4.69, 9.17) is 10.9 Å². The van der Waals surface area contributed by atoms with Gasteiger partial charge in [0.15, 0.2) is 0 Å². The van der Waals surface area contributed by atoms with Gasteiger partial charge in [-0.15, -0.1) is 0 Å². The van der Waals surface area contributed by atoms with Crippen molar-refractivity contribution in [3.63, 3.8) is 0 Å². The Balaban J connectivity index is 2.64. The fourth-order valence-electron chi connectivity index (χ4n) is 1.96. The summed E-state index contributed by atoms with van der Waals surface area (Å²) in [6.07, 6.45) is 5.88. The van der Waals surface area contributed by atoms with Crippen molar-refractivity contribution in [3.8, 4) is 0 Å². The molecule has 1 aliphatic rings. The fraction of sp³-hybridized carbons (Fsp3) is 0.889. The van der Waals surface area contributed by atoms with Crippen LogP contribution in [0.3, 0.4) is 0 Å². The third kappa shape index (κ3) is 2.50. The Bertz CT molecular complexity index is 182. The van der Waals surface area contributed by atoms with Gasteiger partial charge < -0.3 is 15.8 Å². The van der Waals surface area contributed by atoms with Gasteiger partial charge >= 0.3 is 0 Å². The lowest BCUT2D eigenvalue weighted by molar-refractivity contribution is 0.265. The molecule has 1 atom stereocenters. The highest BCUT2D eigenvalue weighted by Crippen LogP contribution is 2.18. The molecule has 0 aromatic carbocycles. The van der Waals surface area contributed by atoms with Crippen LogP contribution < -0.4 is 5.73 Å². The molecular weight excluding hydrogens is 166 g/mol. The number of nitrogens with zero attached hydrogens (tertiary/aromatic N) is 2. The van der Waals surface area contributed by atoms with Crippen molar-refractivity contribution in [2.75, 3.05) is 6.54 Å². The summed E-state index contributed by atoms with van der Waals surface area (Å²) in [4.78, 5) is 2.02. The van der Waals surface area contributed by atoms with Gasteiger partial charge in [-0.3, -0.25) is 0 Å². The van der Waals surface area contributed by atoms with Crippen molar-refractivity contribution in [2.45, 2.75) is 45.1 Å². The van der Waals surface area contributed by atoms with Gasteiger partial charge in [0.2, 0.25) is 5.96 Å². The molecule has 1 fully saturated rings. The Labute approximate surface area is 79.4 Å². The maximum absolute atomic E-state index is 8.61. The fourth-order valence-corrected chi connectivity index (χ4v) is 1.96. The molecule has 0 aromatic rings. The van der Waals surface area contributed by atoms with Crippen LogP contribution in [-0.2, 0) is 0 Å². The van der Waals surface area contributed by atoms with Gasteiger partial charge in [0.05, 0.1) is 0 Å². The lowest BCUT2D eigenvalue weighted by Crippen LogP contribution is -2.44. The summed E-state index contributed by atoms with van der Waals surface area (Å²) in [6.45, 7) is 3.07. The zero-order valence-corrected chi connectivity index (χ0v) is 8.24. The molecule has 1 saturated heterocycles. The van der Waals surface area contributed by atoms with E-state index in [1.165, 1.54) is 12.8 Å². The zero-order chi connectivity index (χ0) is 9.68. The molecule has 3 N–H and O–H groups in total. The third-order valence-electron chi connectivity index (χ3n) is 2.75. The molecule has 0 aromatic heterocycles. The van der Waals surface area contributed by atoms with Crippen LogP contribution in [0.25, 0.3) is 0 Å². The number of guanidine groups is 1. The lowest BCUT2D eigenvalue weighted by Gasteiger charge is -2.29. The van der Waals surface area contributed by atoms with Crippen LogP contribution >= 0.6 is 0 Å². The largest absolute Gasteiger partial charge is 0.408 e. The van der Waals surface area contributed by atoms with Crippen molar-refractivity contribution in [2.24, 2.45) is 10.9 Å². The van der Waals surface area contributed by atoms with E-state index >= 15 is 0 Å². The predicted molar refractivity (Wildman–Crippen MR) is 52.7 cm³/mol. The van der Waals surface area contributed by atoms with Crippen LogP contribution in [0.5, 0.6) is 0 Å². The Hall–Kier alpha value is -0.930. The van der Waals surface area contributed by atoms with E-state index in [2.05, 4.69) is 12.1 Å². The van der Waals surface area contributed by atoms with E-state index in [1.54, 1.807) is 0 Å². The molecule has 1 heterocycles. The van der Waals surface area contributed by atoms with E-state index in [1.807, 2.05) is 4.90 Å². The van der Waals surface area contributed by atoms with Crippen molar-refractivity contribution >= 4 is 5.96 Å². The Kier molecular flexibility index (Phi) is 3.86. The number of hydrogen-bond donors (Lipinski definition) is 2. The average Bonchev–Trinajstić information content (AvgIpc) is 2.41. The summed E-state index contributed by atoms with van der Waals surface area (Å²) in [6, 6.07) is 0.457. The summed E-state index contributed by atoms with van der Waals surface area (Å²) in [5, 5.41) is 11.7. The molecule has 0 spiro atoms. The quantitative estimate of drug-likeness (QED) is 0.280. The van der Waals surface area contributed by atoms with Crippen molar-refractivity contribution in [1.29, 1.82) is 0 Å². The van der Waals surface area contributed by atoms with Crippen molar-refractivity contribution in [3.05, 3.63) is 0 Å². The normalized spacial score (nSPS) is 25.8. The SMILES string of the molecule is CCC1CCCCCN1C(N)=NO. The number of hydrogen-bond acceptors (Lipinski definition) is 2. The highest BCUT2D eigenvalue weighted by Gasteiger charge is 2.20. The van der Waals surface area contributed by atoms with Gasteiger partial charge in [0.1, 0.15) is 0 Å². The molecule has 0 aliphatic carbocycles. The van der Waals surface area contributed by atoms with Crippen LogP contribution in [-0.4, -0.2) is 28.7 Å². The topological polar surface area (TPSA) is 61.8 Å². The molecule has 76 valence electrons. The van der Waals surface area contributed by atoms with Gasteiger partial charge in [0, 0.05) is 12.6 Å². The molecule has 1 aliphatic heterocycles. The van der Waals surface area contributed by atoms with E-state index in [0.717, 1.165) is 25.8 Å². The third-order valence-corrected chi connectivity index (χ3v) is 2.75. The monoisotopic (exact) mass is 185 g/mol. The van der Waals surface area contributed by atoms with E-state index in [-0.39, 0.29) is 5.96 Å². The number of oxime groups is 1. The summed E-state index contributed by atoms with van der Waals surface area (Å²) in [5.41, 5.74) is 5.61. The zero-order valence-electron chi connectivity index (χ0n) is 8.24. The molecule has 0 saturated carbocycles. The molecule has 1 rings (SSSR count). The van der Waals surface area contributed by atoms with Crippen LogP contribution in [0, 0.1) is 0 Å². The number of rotatable bonds is 1. The van der Waals surface area contributed by atoms with Gasteiger partial charge in [-0.2, -0.15) is 0 Å². The van der Waals surface area contributed by atoms with Crippen LogP contribution in [0.2, 0.25) is 0 Å². The summed E-state index contributed by atoms with van der Waals surface area (Å²) in [7, 11) is 0. The smallest absolute Gasteiger partial charge is 0.233 e. The Morgan fingerprint density at radius 3 is 2.92 bits per heavy atom. The van der Waals surface area contributed by atoms with Gasteiger partial charge in [0.25, 0.3) is 0 Å². The molecule has 0 radical (unpaired) electrons. The van der Waals surface area contributed by atoms with Gasteiger partial charge in [-0.05, 0) is 19.3 Å². The first-order chi connectivity index (χ1) is 6.29. The second kappa shape index (κ2) is 4.94. The van der Waals surface area contributed by atoms with E-state index in [0.29, 0.717) is 6.04 Å². The summed E-state index contributed by atoms with van der Waals surface area (Å²) >= 11 is 0. The highest BCUT2D eigenvalue weighted by atomic mass is 16.4. The molecule has 0 amide bonds. The highest BCUT2D eigenvalue weighted by molar-refractivity contribution is 5.77. The standard InChI is InChI=1S/C9H19N3O/c1-2-8-6-4-3-5-7-12(8)9(10)11-13/h8,13H,2-7H2,1H3,(H2,10,11). The maximum Gasteiger partial charge on any atom is 0.233 e. The molecular formula is C9H19N3O. The molecule has 1 unspecified atom stereocenters. The van der Waals surface area contributed by atoms with Gasteiger partial charge in [-0.1, -0.05) is 24.9 Å². The Morgan fingerprint density at radius 1 is 1.54 bits per heavy atom. The first-order valence-corrected chi connectivity index (χ1v) is 5.03. The van der Waals surface area contributed by atoms with Crippen LogP contribution in [0.4, 0.5) is 0 Å². The van der Waals surface area contributed by atoms with Crippen molar-refractivity contribution in [1.82, 2.24) is 4.90 Å². The minimum atomic E-state index is 0.272. The molecule has 4 heteroatoms. The summed E-state index contributed by atoms with van der Waals surface area (Å²) in [5.74, 6) is 0.272. The van der Waals surface area contributed by atoms with Gasteiger partial charge in [-0.25, -0.2) is 0 Å². The minimum absolute atomic E-state index is 0.272. The predicted octanol–water partition coefficient (Wildman–Crippen LogP) is 1.34. The van der Waals surface area contributed by atoms with Crippen molar-refractivity contribution < 1.29 is 5.21 Å².